The molecule has 178 valence electrons. The lowest BCUT2D eigenvalue weighted by Crippen LogP contribution is -2.60. The van der Waals surface area contributed by atoms with Gasteiger partial charge in [-0.2, -0.15) is 0 Å². The number of likely N-dealkylation sites (tertiary alicyclic amines) is 2. The van der Waals surface area contributed by atoms with Gasteiger partial charge in [-0.3, -0.25) is 4.90 Å². The summed E-state index contributed by atoms with van der Waals surface area (Å²) in [5.74, 6) is -0.886. The van der Waals surface area contributed by atoms with Crippen molar-refractivity contribution in [3.63, 3.8) is 0 Å². The molecule has 0 aromatic rings. The summed E-state index contributed by atoms with van der Waals surface area (Å²) in [6, 6.07) is 1.01. The number of halogens is 2. The fourth-order valence-electron chi connectivity index (χ4n) is 6.76. The molecule has 0 amide bonds. The van der Waals surface area contributed by atoms with Crippen LogP contribution in [-0.2, 0) is 0 Å². The Labute approximate surface area is 186 Å². The van der Waals surface area contributed by atoms with E-state index in [2.05, 4.69) is 18.7 Å². The first-order valence-corrected chi connectivity index (χ1v) is 13.0. The van der Waals surface area contributed by atoms with Crippen molar-refractivity contribution in [1.82, 2.24) is 9.80 Å². The van der Waals surface area contributed by atoms with Gasteiger partial charge in [0.15, 0.2) is 0 Å². The summed E-state index contributed by atoms with van der Waals surface area (Å²) in [6.07, 6.45) is 10.5. The molecular weight excluding hydrogens is 378 g/mol. The van der Waals surface area contributed by atoms with E-state index in [1.807, 2.05) is 39.6 Å². The molecule has 2 saturated heterocycles. The highest BCUT2D eigenvalue weighted by Crippen LogP contribution is 2.58. The minimum atomic E-state index is -2.41. The Morgan fingerprint density at radius 3 is 1.83 bits per heavy atom. The summed E-state index contributed by atoms with van der Waals surface area (Å²) in [5.41, 5.74) is 0.125. The van der Waals surface area contributed by atoms with Crippen LogP contribution in [0, 0.1) is 22.7 Å². The zero-order valence-electron chi connectivity index (χ0n) is 21.1. The number of rotatable bonds is 1. The van der Waals surface area contributed by atoms with Crippen LogP contribution in [0.15, 0.2) is 0 Å². The van der Waals surface area contributed by atoms with E-state index in [-0.39, 0.29) is 6.42 Å². The summed E-state index contributed by atoms with van der Waals surface area (Å²) < 4.78 is 27.2. The van der Waals surface area contributed by atoms with Crippen LogP contribution in [0.2, 0.25) is 0 Å². The predicted molar refractivity (Wildman–Crippen MR) is 125 cm³/mol. The zero-order valence-corrected chi connectivity index (χ0v) is 21.1. The normalized spacial score (nSPS) is 39.9. The lowest BCUT2D eigenvalue weighted by Gasteiger charge is -2.55. The Bertz CT molecular complexity index is 500. The molecule has 5 aliphatic rings. The average molecular weight is 429 g/mol. The van der Waals surface area contributed by atoms with Crippen LogP contribution in [0.4, 0.5) is 8.78 Å². The molecule has 0 radical (unpaired) electrons. The van der Waals surface area contributed by atoms with Crippen LogP contribution in [0.3, 0.4) is 0 Å². The predicted octanol–water partition coefficient (Wildman–Crippen LogP) is 7.09. The zero-order chi connectivity index (χ0) is 22.6. The van der Waals surface area contributed by atoms with Crippen molar-refractivity contribution in [3.05, 3.63) is 0 Å². The van der Waals surface area contributed by atoms with Crippen molar-refractivity contribution >= 4 is 0 Å². The van der Waals surface area contributed by atoms with E-state index >= 15 is 0 Å². The number of hydrogen-bond acceptors (Lipinski definition) is 2. The van der Waals surface area contributed by atoms with E-state index in [0.717, 1.165) is 17.4 Å². The maximum Gasteiger partial charge on any atom is 0.256 e. The highest BCUT2D eigenvalue weighted by molar-refractivity contribution is 5.05. The van der Waals surface area contributed by atoms with Crippen molar-refractivity contribution in [2.24, 2.45) is 22.7 Å². The molecule has 5 rings (SSSR count). The molecule has 4 heteroatoms. The van der Waals surface area contributed by atoms with E-state index in [1.54, 1.807) is 0 Å². The number of alkyl halides is 2. The van der Waals surface area contributed by atoms with Crippen molar-refractivity contribution in [2.75, 3.05) is 33.2 Å². The molecule has 2 heterocycles. The summed E-state index contributed by atoms with van der Waals surface area (Å²) >= 11 is 0. The molecule has 0 aromatic carbocycles. The number of piperidine rings is 2. The van der Waals surface area contributed by atoms with Gasteiger partial charge in [-0.1, -0.05) is 41.5 Å². The third-order valence-corrected chi connectivity index (χ3v) is 7.95. The van der Waals surface area contributed by atoms with Gasteiger partial charge in [0.05, 0.1) is 0 Å². The molecule has 0 atom stereocenters. The van der Waals surface area contributed by atoms with Gasteiger partial charge in [0.1, 0.15) is 0 Å². The van der Waals surface area contributed by atoms with Crippen molar-refractivity contribution in [2.45, 2.75) is 111 Å². The average Bonchev–Trinajstić information content (AvgIpc) is 3.52. The lowest BCUT2D eigenvalue weighted by molar-refractivity contribution is -0.212. The third kappa shape index (κ3) is 5.77. The maximum atomic E-state index is 13.6. The Balaban J connectivity index is 0.000000184. The molecule has 30 heavy (non-hydrogen) atoms. The molecule has 0 unspecified atom stereocenters. The maximum absolute atomic E-state index is 13.6. The first kappa shape index (κ1) is 26.0. The third-order valence-electron chi connectivity index (χ3n) is 7.95. The van der Waals surface area contributed by atoms with Gasteiger partial charge in [0.2, 0.25) is 0 Å². The SMILES string of the molecule is CC.CC.CC1CC2(C1)CN(C)CCC2(F)F.CC1CC2(CCCN(C3CC3)C2)C1. The fourth-order valence-corrected chi connectivity index (χ4v) is 6.76. The summed E-state index contributed by atoms with van der Waals surface area (Å²) in [4.78, 5) is 4.83. The topological polar surface area (TPSA) is 6.48 Å². The van der Waals surface area contributed by atoms with E-state index < -0.39 is 11.3 Å². The molecule has 0 N–H and O–H groups in total. The minimum Gasteiger partial charge on any atom is -0.305 e. The molecule has 0 bridgehead atoms. The minimum absolute atomic E-state index is 0.0518. The molecular formula is C26H50F2N2. The van der Waals surface area contributed by atoms with Crippen molar-refractivity contribution in [3.8, 4) is 0 Å². The van der Waals surface area contributed by atoms with Crippen molar-refractivity contribution in [1.29, 1.82) is 0 Å². The van der Waals surface area contributed by atoms with Crippen LogP contribution in [0.1, 0.15) is 99.3 Å². The molecule has 2 aliphatic heterocycles. The second-order valence-electron chi connectivity index (χ2n) is 10.8. The van der Waals surface area contributed by atoms with Gasteiger partial charge in [-0.15, -0.1) is 0 Å². The Morgan fingerprint density at radius 2 is 1.33 bits per heavy atom. The standard InChI is InChI=1S/C12H21N.C10H17F2N.2C2H6/c1-10-7-12(8-10)5-2-6-13(9-12)11-3-4-11;1-8-5-9(6-8)7-13(2)4-3-10(9,11)12;2*1-2/h10-11H,2-9H2,1H3;8H,3-7H2,1-2H3;2*1-2H3. The van der Waals surface area contributed by atoms with Gasteiger partial charge < -0.3 is 4.90 Å². The Kier molecular flexibility index (Phi) is 9.20. The molecule has 2 nitrogen and oxygen atoms in total. The van der Waals surface area contributed by atoms with Gasteiger partial charge in [-0.05, 0) is 82.2 Å². The van der Waals surface area contributed by atoms with E-state index in [1.165, 1.54) is 51.6 Å². The van der Waals surface area contributed by atoms with Crippen LogP contribution in [-0.4, -0.2) is 55.0 Å². The highest BCUT2D eigenvalue weighted by Gasteiger charge is 2.61. The summed E-state index contributed by atoms with van der Waals surface area (Å²) in [7, 11) is 1.94. The molecule has 2 spiro atoms. The van der Waals surface area contributed by atoms with Crippen LogP contribution in [0.5, 0.6) is 0 Å². The molecule has 3 saturated carbocycles. The Morgan fingerprint density at radius 1 is 0.767 bits per heavy atom. The summed E-state index contributed by atoms with van der Waals surface area (Å²) in [5, 5.41) is 0. The van der Waals surface area contributed by atoms with Crippen LogP contribution >= 0.6 is 0 Å². The van der Waals surface area contributed by atoms with Crippen LogP contribution in [0.25, 0.3) is 0 Å². The second-order valence-corrected chi connectivity index (χ2v) is 10.8. The molecule has 3 aliphatic carbocycles. The smallest absolute Gasteiger partial charge is 0.256 e. The number of hydrogen-bond donors (Lipinski definition) is 0. The second kappa shape index (κ2) is 10.6. The fraction of sp³-hybridized carbons (Fsp3) is 1.00. The van der Waals surface area contributed by atoms with Gasteiger partial charge in [0, 0.05) is 37.5 Å². The van der Waals surface area contributed by atoms with Gasteiger partial charge >= 0.3 is 0 Å². The molecule has 0 aromatic heterocycles. The van der Waals surface area contributed by atoms with Gasteiger partial charge in [0.25, 0.3) is 5.92 Å². The first-order chi connectivity index (χ1) is 14.2. The highest BCUT2D eigenvalue weighted by atomic mass is 19.3. The van der Waals surface area contributed by atoms with Gasteiger partial charge in [-0.25, -0.2) is 8.78 Å². The monoisotopic (exact) mass is 428 g/mol. The van der Waals surface area contributed by atoms with E-state index in [4.69, 9.17) is 0 Å². The van der Waals surface area contributed by atoms with Crippen molar-refractivity contribution < 1.29 is 8.78 Å². The quantitative estimate of drug-likeness (QED) is 0.440. The molecule has 5 fully saturated rings. The van der Waals surface area contributed by atoms with E-state index in [0.29, 0.717) is 31.8 Å². The van der Waals surface area contributed by atoms with Crippen LogP contribution < -0.4 is 0 Å². The lowest BCUT2D eigenvalue weighted by atomic mass is 9.57. The summed E-state index contributed by atoms with van der Waals surface area (Å²) in [6.45, 7) is 16.5. The Hall–Kier alpha value is -0.220. The number of nitrogens with zero attached hydrogens (tertiary/aromatic N) is 2. The van der Waals surface area contributed by atoms with E-state index in [9.17, 15) is 8.78 Å². The first-order valence-electron chi connectivity index (χ1n) is 13.0. The largest absolute Gasteiger partial charge is 0.305 e.